The van der Waals surface area contributed by atoms with E-state index < -0.39 is 0 Å². The zero-order valence-electron chi connectivity index (χ0n) is 10.9. The smallest absolute Gasteiger partial charge is 0.302 e. The van der Waals surface area contributed by atoms with Gasteiger partial charge in [-0.2, -0.15) is 0 Å². The Labute approximate surface area is 113 Å². The number of rotatable bonds is 2. The Morgan fingerprint density at radius 3 is 2.47 bits per heavy atom. The molecular formula is C17H16O2. The fourth-order valence-electron chi connectivity index (χ4n) is 2.71. The molecule has 0 saturated heterocycles. The van der Waals surface area contributed by atoms with Gasteiger partial charge in [-0.25, -0.2) is 0 Å². The highest BCUT2D eigenvalue weighted by Crippen LogP contribution is 2.29. The highest BCUT2D eigenvalue weighted by Gasteiger charge is 2.23. The summed E-state index contributed by atoms with van der Waals surface area (Å²) in [6, 6.07) is 16.8. The third-order valence-corrected chi connectivity index (χ3v) is 3.54. The average Bonchev–Trinajstić information content (AvgIpc) is 2.79. The maximum absolute atomic E-state index is 11.0. The molecule has 0 spiro atoms. The molecule has 3 rings (SSSR count). The summed E-state index contributed by atoms with van der Waals surface area (Å²) in [5.74, 6) is -0.193. The molecule has 0 aromatic heterocycles. The van der Waals surface area contributed by atoms with E-state index in [0.29, 0.717) is 0 Å². The van der Waals surface area contributed by atoms with E-state index in [-0.39, 0.29) is 12.1 Å². The second kappa shape index (κ2) is 4.88. The molecule has 1 unspecified atom stereocenters. The predicted octanol–water partition coefficient (Wildman–Crippen LogP) is 3.38. The van der Waals surface area contributed by atoms with Crippen molar-refractivity contribution in [1.29, 1.82) is 0 Å². The Morgan fingerprint density at radius 1 is 1.00 bits per heavy atom. The van der Waals surface area contributed by atoms with Gasteiger partial charge in [-0.05, 0) is 22.3 Å². The first-order valence-electron chi connectivity index (χ1n) is 6.57. The van der Waals surface area contributed by atoms with Gasteiger partial charge in [-0.3, -0.25) is 4.79 Å². The molecule has 0 aliphatic heterocycles. The molecule has 2 heteroatoms. The van der Waals surface area contributed by atoms with Crippen molar-refractivity contribution in [2.45, 2.75) is 25.9 Å². The third kappa shape index (κ3) is 2.53. The summed E-state index contributed by atoms with van der Waals surface area (Å²) in [6.07, 6.45) is 1.68. The zero-order valence-corrected chi connectivity index (χ0v) is 10.9. The minimum absolute atomic E-state index is 0.0125. The summed E-state index contributed by atoms with van der Waals surface area (Å²) in [5, 5.41) is 0. The number of ether oxygens (including phenoxy) is 1. The van der Waals surface area contributed by atoms with Gasteiger partial charge in [-0.15, -0.1) is 0 Å². The lowest BCUT2D eigenvalue weighted by Crippen LogP contribution is -2.15. The van der Waals surface area contributed by atoms with Gasteiger partial charge in [0.1, 0.15) is 6.10 Å². The van der Waals surface area contributed by atoms with Crippen LogP contribution < -0.4 is 0 Å². The zero-order chi connectivity index (χ0) is 13.2. The van der Waals surface area contributed by atoms with E-state index in [1.807, 2.05) is 18.2 Å². The molecule has 0 fully saturated rings. The Hall–Kier alpha value is -2.09. The molecule has 0 heterocycles. The quantitative estimate of drug-likeness (QED) is 0.766. The molecule has 19 heavy (non-hydrogen) atoms. The first-order valence-corrected chi connectivity index (χ1v) is 6.57. The van der Waals surface area contributed by atoms with Crippen molar-refractivity contribution < 1.29 is 9.53 Å². The maximum atomic E-state index is 11.0. The summed E-state index contributed by atoms with van der Waals surface area (Å²) in [7, 11) is 0. The van der Waals surface area contributed by atoms with Crippen LogP contribution >= 0.6 is 0 Å². The fraction of sp³-hybridized carbons (Fsp3) is 0.235. The molecule has 0 bridgehead atoms. The second-order valence-electron chi connectivity index (χ2n) is 4.99. The minimum Gasteiger partial charge on any atom is -0.462 e. The lowest BCUT2D eigenvalue weighted by atomic mass is 10.0. The molecule has 0 amide bonds. The number of fused-ring (bicyclic) bond motifs is 1. The van der Waals surface area contributed by atoms with Crippen LogP contribution in [0.2, 0.25) is 0 Å². The van der Waals surface area contributed by atoms with Gasteiger partial charge in [0.15, 0.2) is 0 Å². The van der Waals surface area contributed by atoms with Crippen LogP contribution in [0.3, 0.4) is 0 Å². The molecule has 2 nitrogen and oxygen atoms in total. The van der Waals surface area contributed by atoms with Crippen LogP contribution in [-0.2, 0) is 22.4 Å². The van der Waals surface area contributed by atoms with Gasteiger partial charge < -0.3 is 4.74 Å². The van der Waals surface area contributed by atoms with E-state index in [4.69, 9.17) is 4.74 Å². The van der Waals surface area contributed by atoms with E-state index in [0.717, 1.165) is 12.8 Å². The van der Waals surface area contributed by atoms with Crippen molar-refractivity contribution in [3.8, 4) is 11.1 Å². The van der Waals surface area contributed by atoms with Crippen molar-refractivity contribution in [2.75, 3.05) is 0 Å². The Morgan fingerprint density at radius 2 is 1.74 bits per heavy atom. The van der Waals surface area contributed by atoms with Gasteiger partial charge in [0.25, 0.3) is 0 Å². The number of hydrogen-bond donors (Lipinski definition) is 0. The number of hydrogen-bond acceptors (Lipinski definition) is 2. The molecule has 1 atom stereocenters. The fourth-order valence-corrected chi connectivity index (χ4v) is 2.71. The summed E-state index contributed by atoms with van der Waals surface area (Å²) in [6.45, 7) is 1.47. The molecule has 2 aromatic rings. The summed E-state index contributed by atoms with van der Waals surface area (Å²) >= 11 is 0. The van der Waals surface area contributed by atoms with Crippen LogP contribution in [0.4, 0.5) is 0 Å². The molecule has 2 aromatic carbocycles. The van der Waals surface area contributed by atoms with Gasteiger partial charge in [0.2, 0.25) is 0 Å². The minimum atomic E-state index is -0.193. The number of carbonyl (C=O) groups excluding carboxylic acids is 1. The van der Waals surface area contributed by atoms with Crippen LogP contribution in [0.1, 0.15) is 18.1 Å². The van der Waals surface area contributed by atoms with Crippen LogP contribution in [-0.4, -0.2) is 12.1 Å². The Kier molecular flexibility index (Phi) is 3.08. The average molecular weight is 252 g/mol. The van der Waals surface area contributed by atoms with Gasteiger partial charge >= 0.3 is 5.97 Å². The highest BCUT2D eigenvalue weighted by atomic mass is 16.5. The first kappa shape index (κ1) is 12.0. The maximum Gasteiger partial charge on any atom is 0.302 e. The first-order chi connectivity index (χ1) is 9.22. The van der Waals surface area contributed by atoms with Gasteiger partial charge in [-0.1, -0.05) is 48.5 Å². The normalized spacial score (nSPS) is 17.0. The lowest BCUT2D eigenvalue weighted by Gasteiger charge is -2.08. The van der Waals surface area contributed by atoms with Gasteiger partial charge in [0, 0.05) is 19.8 Å². The molecule has 1 aliphatic carbocycles. The molecule has 0 N–H and O–H groups in total. The highest BCUT2D eigenvalue weighted by molar-refractivity contribution is 5.67. The molecule has 0 radical (unpaired) electrons. The summed E-state index contributed by atoms with van der Waals surface area (Å²) < 4.78 is 5.30. The monoisotopic (exact) mass is 252 g/mol. The van der Waals surface area contributed by atoms with Crippen LogP contribution in [0.15, 0.2) is 48.5 Å². The van der Waals surface area contributed by atoms with E-state index in [1.54, 1.807) is 0 Å². The molecule has 0 saturated carbocycles. The predicted molar refractivity (Wildman–Crippen MR) is 74.8 cm³/mol. The Bertz CT molecular complexity index is 602. The standard InChI is InChI=1S/C17H16O2/c1-12(18)19-17-10-15-8-7-14(9-16(15)11-17)13-5-3-2-4-6-13/h2-9,17H,10-11H2,1H3. The third-order valence-electron chi connectivity index (χ3n) is 3.54. The van der Waals surface area contributed by atoms with Crippen molar-refractivity contribution >= 4 is 5.97 Å². The van der Waals surface area contributed by atoms with Crippen molar-refractivity contribution in [3.63, 3.8) is 0 Å². The summed E-state index contributed by atoms with van der Waals surface area (Å²) in [5.41, 5.74) is 5.04. The SMILES string of the molecule is CC(=O)OC1Cc2ccc(-c3ccccc3)cc2C1. The molecule has 96 valence electrons. The van der Waals surface area contributed by atoms with Crippen molar-refractivity contribution in [2.24, 2.45) is 0 Å². The van der Waals surface area contributed by atoms with Crippen molar-refractivity contribution in [1.82, 2.24) is 0 Å². The number of benzene rings is 2. The number of esters is 1. The van der Waals surface area contributed by atoms with Crippen LogP contribution in [0, 0.1) is 0 Å². The van der Waals surface area contributed by atoms with Crippen LogP contribution in [0.25, 0.3) is 11.1 Å². The topological polar surface area (TPSA) is 26.3 Å². The molecule has 1 aliphatic rings. The lowest BCUT2D eigenvalue weighted by molar-refractivity contribution is -0.145. The van der Waals surface area contributed by atoms with Crippen molar-refractivity contribution in [3.05, 3.63) is 59.7 Å². The summed E-state index contributed by atoms with van der Waals surface area (Å²) in [4.78, 5) is 11.0. The second-order valence-corrected chi connectivity index (χ2v) is 4.99. The number of carbonyl (C=O) groups is 1. The van der Waals surface area contributed by atoms with Gasteiger partial charge in [0.05, 0.1) is 0 Å². The molecular weight excluding hydrogens is 236 g/mol. The van der Waals surface area contributed by atoms with E-state index in [9.17, 15) is 4.79 Å². The van der Waals surface area contributed by atoms with Crippen LogP contribution in [0.5, 0.6) is 0 Å². The Balaban J connectivity index is 1.86. The van der Waals surface area contributed by atoms with E-state index in [1.165, 1.54) is 29.2 Å². The van der Waals surface area contributed by atoms with E-state index in [2.05, 4.69) is 30.3 Å². The largest absolute Gasteiger partial charge is 0.462 e. The van der Waals surface area contributed by atoms with E-state index >= 15 is 0 Å².